The van der Waals surface area contributed by atoms with Gasteiger partial charge in [0.2, 0.25) is 0 Å². The summed E-state index contributed by atoms with van der Waals surface area (Å²) in [5, 5.41) is 8.04. The maximum atomic E-state index is 4.59. The SMILES string of the molecule is CCCNCc1cn(C)nc1-c1ccc(CC)cc1. The van der Waals surface area contributed by atoms with Crippen molar-refractivity contribution in [1.29, 1.82) is 0 Å². The lowest BCUT2D eigenvalue weighted by Crippen LogP contribution is -2.13. The molecule has 0 fully saturated rings. The van der Waals surface area contributed by atoms with Gasteiger partial charge in [0.15, 0.2) is 0 Å². The van der Waals surface area contributed by atoms with Crippen molar-refractivity contribution >= 4 is 0 Å². The average Bonchev–Trinajstić information content (AvgIpc) is 2.80. The van der Waals surface area contributed by atoms with Gasteiger partial charge in [-0.3, -0.25) is 4.68 Å². The van der Waals surface area contributed by atoms with Crippen LogP contribution in [0.5, 0.6) is 0 Å². The van der Waals surface area contributed by atoms with Crippen LogP contribution in [0.1, 0.15) is 31.4 Å². The molecule has 0 aliphatic rings. The first-order chi connectivity index (χ1) is 9.24. The molecule has 1 aromatic carbocycles. The summed E-state index contributed by atoms with van der Waals surface area (Å²) in [5.41, 5.74) is 4.92. The van der Waals surface area contributed by atoms with Crippen LogP contribution in [-0.4, -0.2) is 16.3 Å². The molecule has 3 nitrogen and oxygen atoms in total. The van der Waals surface area contributed by atoms with Crippen molar-refractivity contribution in [3.05, 3.63) is 41.6 Å². The minimum absolute atomic E-state index is 0.881. The Bertz CT molecular complexity index is 511. The van der Waals surface area contributed by atoms with Gasteiger partial charge in [-0.05, 0) is 24.9 Å². The third-order valence-corrected chi connectivity index (χ3v) is 3.28. The molecule has 19 heavy (non-hydrogen) atoms. The van der Waals surface area contributed by atoms with Gasteiger partial charge in [-0.15, -0.1) is 0 Å². The Morgan fingerprint density at radius 3 is 2.53 bits per heavy atom. The van der Waals surface area contributed by atoms with Gasteiger partial charge in [-0.2, -0.15) is 5.10 Å². The van der Waals surface area contributed by atoms with Crippen molar-refractivity contribution in [2.75, 3.05) is 6.54 Å². The Balaban J connectivity index is 2.22. The lowest BCUT2D eigenvalue weighted by molar-refractivity contribution is 0.675. The Kier molecular flexibility index (Phi) is 4.74. The van der Waals surface area contributed by atoms with E-state index in [1.54, 1.807) is 0 Å². The Hall–Kier alpha value is -1.61. The van der Waals surface area contributed by atoms with Crippen LogP contribution in [0.25, 0.3) is 11.3 Å². The van der Waals surface area contributed by atoms with Gasteiger partial charge >= 0.3 is 0 Å². The molecule has 0 radical (unpaired) electrons. The quantitative estimate of drug-likeness (QED) is 0.806. The zero-order valence-corrected chi connectivity index (χ0v) is 12.1. The zero-order valence-electron chi connectivity index (χ0n) is 12.1. The largest absolute Gasteiger partial charge is 0.313 e. The van der Waals surface area contributed by atoms with E-state index in [0.29, 0.717) is 0 Å². The zero-order chi connectivity index (χ0) is 13.7. The van der Waals surface area contributed by atoms with Gasteiger partial charge in [0.1, 0.15) is 0 Å². The summed E-state index contributed by atoms with van der Waals surface area (Å²) in [5.74, 6) is 0. The molecule has 2 rings (SSSR count). The molecule has 1 aromatic heterocycles. The molecule has 0 amide bonds. The third kappa shape index (κ3) is 3.44. The number of nitrogens with zero attached hydrogens (tertiary/aromatic N) is 2. The first-order valence-electron chi connectivity index (χ1n) is 7.07. The fourth-order valence-electron chi connectivity index (χ4n) is 2.21. The molecule has 0 spiro atoms. The summed E-state index contributed by atoms with van der Waals surface area (Å²) >= 11 is 0. The lowest BCUT2D eigenvalue weighted by Gasteiger charge is -2.05. The molecule has 1 heterocycles. The second-order valence-electron chi connectivity index (χ2n) is 4.90. The summed E-state index contributed by atoms with van der Waals surface area (Å²) < 4.78 is 1.89. The fourth-order valence-corrected chi connectivity index (χ4v) is 2.21. The lowest BCUT2D eigenvalue weighted by atomic mass is 10.0. The first-order valence-corrected chi connectivity index (χ1v) is 7.07. The van der Waals surface area contributed by atoms with Crippen LogP contribution in [0.3, 0.4) is 0 Å². The van der Waals surface area contributed by atoms with Gasteiger partial charge in [-0.1, -0.05) is 38.1 Å². The highest BCUT2D eigenvalue weighted by Gasteiger charge is 2.09. The second kappa shape index (κ2) is 6.53. The maximum absolute atomic E-state index is 4.59. The fraction of sp³-hybridized carbons (Fsp3) is 0.438. The molecule has 0 saturated carbocycles. The molecule has 3 heteroatoms. The number of rotatable bonds is 6. The molecule has 0 bridgehead atoms. The highest BCUT2D eigenvalue weighted by atomic mass is 15.3. The summed E-state index contributed by atoms with van der Waals surface area (Å²) in [4.78, 5) is 0. The number of hydrogen-bond donors (Lipinski definition) is 1. The molecule has 0 aliphatic heterocycles. The minimum atomic E-state index is 0.881. The molecule has 0 unspecified atom stereocenters. The molecule has 0 atom stereocenters. The van der Waals surface area contributed by atoms with E-state index in [4.69, 9.17) is 0 Å². The van der Waals surface area contributed by atoms with Crippen LogP contribution >= 0.6 is 0 Å². The number of benzene rings is 1. The summed E-state index contributed by atoms with van der Waals surface area (Å²) in [6.07, 6.45) is 4.33. The smallest absolute Gasteiger partial charge is 0.0967 e. The molecular weight excluding hydrogens is 234 g/mol. The Morgan fingerprint density at radius 2 is 1.89 bits per heavy atom. The van der Waals surface area contributed by atoms with E-state index in [1.165, 1.54) is 16.7 Å². The monoisotopic (exact) mass is 257 g/mol. The Morgan fingerprint density at radius 1 is 1.16 bits per heavy atom. The van der Waals surface area contributed by atoms with Crippen molar-refractivity contribution < 1.29 is 0 Å². The van der Waals surface area contributed by atoms with Gasteiger partial charge in [0.25, 0.3) is 0 Å². The van der Waals surface area contributed by atoms with Gasteiger partial charge in [0, 0.05) is 30.9 Å². The van der Waals surface area contributed by atoms with Crippen molar-refractivity contribution in [2.24, 2.45) is 7.05 Å². The van der Waals surface area contributed by atoms with Crippen LogP contribution in [0, 0.1) is 0 Å². The Labute approximate surface area is 115 Å². The maximum Gasteiger partial charge on any atom is 0.0967 e. The predicted molar refractivity (Wildman–Crippen MR) is 80.0 cm³/mol. The standard InChI is InChI=1S/C16H23N3/c1-4-10-17-11-15-12-19(3)18-16(15)14-8-6-13(5-2)7-9-14/h6-9,12,17H,4-5,10-11H2,1-3H3. The van der Waals surface area contributed by atoms with Gasteiger partial charge < -0.3 is 5.32 Å². The molecule has 0 aliphatic carbocycles. The summed E-state index contributed by atoms with van der Waals surface area (Å²) in [6, 6.07) is 8.72. The predicted octanol–water partition coefficient (Wildman–Crippen LogP) is 3.15. The minimum Gasteiger partial charge on any atom is -0.313 e. The molecule has 102 valence electrons. The van der Waals surface area contributed by atoms with Crippen LogP contribution < -0.4 is 5.32 Å². The number of aromatic nitrogens is 2. The van der Waals surface area contributed by atoms with E-state index >= 15 is 0 Å². The molecule has 0 saturated heterocycles. The van der Waals surface area contributed by atoms with Crippen molar-refractivity contribution in [3.8, 4) is 11.3 Å². The first kappa shape index (κ1) is 13.8. The highest BCUT2D eigenvalue weighted by Crippen LogP contribution is 2.22. The van der Waals surface area contributed by atoms with Crippen LogP contribution in [0.4, 0.5) is 0 Å². The van der Waals surface area contributed by atoms with E-state index in [1.807, 2.05) is 11.7 Å². The van der Waals surface area contributed by atoms with Gasteiger partial charge in [-0.25, -0.2) is 0 Å². The van der Waals surface area contributed by atoms with Gasteiger partial charge in [0.05, 0.1) is 5.69 Å². The number of aryl methyl sites for hydroxylation is 2. The third-order valence-electron chi connectivity index (χ3n) is 3.28. The average molecular weight is 257 g/mol. The highest BCUT2D eigenvalue weighted by molar-refractivity contribution is 5.63. The summed E-state index contributed by atoms with van der Waals surface area (Å²) in [6.45, 7) is 6.28. The molecule has 2 aromatic rings. The van der Waals surface area contributed by atoms with E-state index in [2.05, 4.69) is 54.7 Å². The van der Waals surface area contributed by atoms with Crippen molar-refractivity contribution in [2.45, 2.75) is 33.2 Å². The number of hydrogen-bond acceptors (Lipinski definition) is 2. The molecular formula is C16H23N3. The van der Waals surface area contributed by atoms with E-state index in [-0.39, 0.29) is 0 Å². The topological polar surface area (TPSA) is 29.9 Å². The van der Waals surface area contributed by atoms with Crippen molar-refractivity contribution in [3.63, 3.8) is 0 Å². The molecule has 1 N–H and O–H groups in total. The van der Waals surface area contributed by atoms with E-state index in [9.17, 15) is 0 Å². The van der Waals surface area contributed by atoms with Crippen molar-refractivity contribution in [1.82, 2.24) is 15.1 Å². The van der Waals surface area contributed by atoms with E-state index < -0.39 is 0 Å². The normalized spacial score (nSPS) is 10.9. The van der Waals surface area contributed by atoms with Crippen LogP contribution in [0.15, 0.2) is 30.5 Å². The van der Waals surface area contributed by atoms with Crippen LogP contribution in [-0.2, 0) is 20.0 Å². The number of nitrogens with one attached hydrogen (secondary N) is 1. The van der Waals surface area contributed by atoms with Crippen LogP contribution in [0.2, 0.25) is 0 Å². The van der Waals surface area contributed by atoms with E-state index in [0.717, 1.165) is 31.6 Å². The second-order valence-corrected chi connectivity index (χ2v) is 4.90. The summed E-state index contributed by atoms with van der Waals surface area (Å²) in [7, 11) is 1.98.